The molecule has 1 fully saturated rings. The minimum absolute atomic E-state index is 0.239. The Morgan fingerprint density at radius 1 is 1.03 bits per heavy atom. The molecule has 1 heterocycles. The maximum atomic E-state index is 6.16. The van der Waals surface area contributed by atoms with Crippen LogP contribution in [-0.4, -0.2) is 16.5 Å². The predicted octanol–water partition coefficient (Wildman–Crippen LogP) is 7.24. The fraction of sp³-hybridized carbons (Fsp3) is 0.440. The lowest BCUT2D eigenvalue weighted by molar-refractivity contribution is 0.158. The summed E-state index contributed by atoms with van der Waals surface area (Å²) in [6.45, 7) is 9.16. The third kappa shape index (κ3) is 4.00. The molecule has 0 aromatic heterocycles. The Hall–Kier alpha value is -1.91. The van der Waals surface area contributed by atoms with Crippen LogP contribution < -0.4 is 10.2 Å². The van der Waals surface area contributed by atoms with E-state index in [1.54, 1.807) is 0 Å². The zero-order valence-corrected chi connectivity index (χ0v) is 19.8. The van der Waals surface area contributed by atoms with Crippen molar-refractivity contribution < 1.29 is 0 Å². The maximum Gasteiger partial charge on any atom is 0.202 e. The molecule has 1 spiro atoms. The van der Waals surface area contributed by atoms with Gasteiger partial charge in [0.15, 0.2) is 0 Å². The Labute approximate surface area is 190 Å². The van der Waals surface area contributed by atoms with Crippen LogP contribution in [0.3, 0.4) is 0 Å². The van der Waals surface area contributed by atoms with Crippen LogP contribution in [0, 0.1) is 18.3 Å². The van der Waals surface area contributed by atoms with Crippen molar-refractivity contribution >= 4 is 46.1 Å². The van der Waals surface area contributed by atoms with Crippen LogP contribution >= 0.6 is 23.8 Å². The SMILES string of the molecule is Cc1ccc(NC2=NC(=S)N(c3ccc(Cl)cc3)C23CCC(C(C)(C)C)CC3)cc1. The maximum absolute atomic E-state index is 6.16. The smallest absolute Gasteiger partial charge is 0.202 e. The third-order valence-corrected chi connectivity index (χ3v) is 7.23. The molecule has 1 aliphatic heterocycles. The quantitative estimate of drug-likeness (QED) is 0.499. The number of benzene rings is 2. The summed E-state index contributed by atoms with van der Waals surface area (Å²) in [5.74, 6) is 1.67. The van der Waals surface area contributed by atoms with Crippen LogP contribution in [0.25, 0.3) is 0 Å². The van der Waals surface area contributed by atoms with Gasteiger partial charge in [-0.25, -0.2) is 4.99 Å². The number of hydrogen-bond acceptors (Lipinski definition) is 2. The first-order valence-electron chi connectivity index (χ1n) is 10.7. The molecule has 0 saturated heterocycles. The van der Waals surface area contributed by atoms with Gasteiger partial charge in [0.2, 0.25) is 5.11 Å². The average molecular weight is 440 g/mol. The number of amidine groups is 1. The van der Waals surface area contributed by atoms with Gasteiger partial charge in [-0.2, -0.15) is 0 Å². The summed E-state index contributed by atoms with van der Waals surface area (Å²) in [6, 6.07) is 16.4. The lowest BCUT2D eigenvalue weighted by Gasteiger charge is -2.47. The summed E-state index contributed by atoms with van der Waals surface area (Å²) in [5.41, 5.74) is 3.43. The Morgan fingerprint density at radius 2 is 1.63 bits per heavy atom. The first kappa shape index (κ1) is 21.3. The summed E-state index contributed by atoms with van der Waals surface area (Å²) in [4.78, 5) is 7.14. The molecule has 0 atom stereocenters. The van der Waals surface area contributed by atoms with Crippen LogP contribution in [-0.2, 0) is 0 Å². The molecule has 2 aliphatic rings. The van der Waals surface area contributed by atoms with Gasteiger partial charge in [0, 0.05) is 16.4 Å². The van der Waals surface area contributed by atoms with Crippen LogP contribution in [0.4, 0.5) is 11.4 Å². The second-order valence-electron chi connectivity index (χ2n) is 9.72. The fourth-order valence-electron chi connectivity index (χ4n) is 4.83. The van der Waals surface area contributed by atoms with E-state index in [4.69, 9.17) is 28.8 Å². The monoisotopic (exact) mass is 439 g/mol. The number of hydrogen-bond donors (Lipinski definition) is 1. The number of nitrogens with one attached hydrogen (secondary N) is 1. The van der Waals surface area contributed by atoms with Crippen molar-refractivity contribution in [3.05, 3.63) is 59.1 Å². The number of thiocarbonyl (C=S) groups is 1. The molecular formula is C25H30ClN3S. The molecule has 158 valence electrons. The van der Waals surface area contributed by atoms with Crippen LogP contribution in [0.2, 0.25) is 5.02 Å². The van der Waals surface area contributed by atoms with Gasteiger partial charge in [0.1, 0.15) is 11.4 Å². The van der Waals surface area contributed by atoms with Crippen molar-refractivity contribution in [1.29, 1.82) is 0 Å². The van der Waals surface area contributed by atoms with Crippen LogP contribution in [0.15, 0.2) is 53.5 Å². The topological polar surface area (TPSA) is 27.6 Å². The van der Waals surface area contributed by atoms with Crippen molar-refractivity contribution in [2.24, 2.45) is 16.3 Å². The molecule has 1 N–H and O–H groups in total. The number of aryl methyl sites for hydroxylation is 1. The van der Waals surface area contributed by atoms with E-state index in [0.29, 0.717) is 16.4 Å². The number of rotatable bonds is 2. The Kier molecular flexibility index (Phi) is 5.67. The largest absolute Gasteiger partial charge is 0.342 e. The molecule has 4 rings (SSSR count). The normalized spacial score (nSPS) is 24.3. The molecule has 2 aromatic carbocycles. The van der Waals surface area contributed by atoms with Crippen molar-refractivity contribution in [3.8, 4) is 0 Å². The Balaban J connectivity index is 1.70. The molecule has 0 unspecified atom stereocenters. The van der Waals surface area contributed by atoms with Gasteiger partial charge in [-0.05, 0) is 92.6 Å². The summed E-state index contributed by atoms with van der Waals surface area (Å²) < 4.78 is 0. The molecule has 0 radical (unpaired) electrons. The highest BCUT2D eigenvalue weighted by Crippen LogP contribution is 2.47. The van der Waals surface area contributed by atoms with Crippen molar-refractivity contribution in [3.63, 3.8) is 0 Å². The zero-order valence-electron chi connectivity index (χ0n) is 18.2. The van der Waals surface area contributed by atoms with Crippen molar-refractivity contribution in [2.45, 2.75) is 58.9 Å². The minimum Gasteiger partial charge on any atom is -0.342 e. The van der Waals surface area contributed by atoms with Crippen molar-refractivity contribution in [1.82, 2.24) is 0 Å². The Morgan fingerprint density at radius 3 is 2.20 bits per heavy atom. The van der Waals surface area contributed by atoms with E-state index in [-0.39, 0.29) is 5.54 Å². The minimum atomic E-state index is -0.239. The fourth-order valence-corrected chi connectivity index (χ4v) is 5.32. The summed E-state index contributed by atoms with van der Waals surface area (Å²) >= 11 is 11.9. The van der Waals surface area contributed by atoms with Gasteiger partial charge in [0.05, 0.1) is 0 Å². The predicted molar refractivity (Wildman–Crippen MR) is 133 cm³/mol. The lowest BCUT2D eigenvalue weighted by atomic mass is 9.66. The molecular weight excluding hydrogens is 410 g/mol. The van der Waals surface area contributed by atoms with Gasteiger partial charge in [0.25, 0.3) is 0 Å². The van der Waals surface area contributed by atoms with E-state index < -0.39 is 0 Å². The highest BCUT2D eigenvalue weighted by molar-refractivity contribution is 7.80. The van der Waals surface area contributed by atoms with E-state index in [0.717, 1.165) is 47.9 Å². The number of nitrogens with zero attached hydrogens (tertiary/aromatic N) is 2. The molecule has 3 nitrogen and oxygen atoms in total. The molecule has 30 heavy (non-hydrogen) atoms. The lowest BCUT2D eigenvalue weighted by Crippen LogP contribution is -2.56. The zero-order chi connectivity index (χ0) is 21.5. The Bertz CT molecular complexity index is 949. The summed E-state index contributed by atoms with van der Waals surface area (Å²) in [6.07, 6.45) is 4.36. The second-order valence-corrected chi connectivity index (χ2v) is 10.5. The second kappa shape index (κ2) is 7.97. The number of aliphatic imine (C=N–C) groups is 1. The highest BCUT2D eigenvalue weighted by atomic mass is 35.5. The molecule has 5 heteroatoms. The first-order chi connectivity index (χ1) is 14.2. The molecule has 1 aliphatic carbocycles. The van der Waals surface area contributed by atoms with Crippen LogP contribution in [0.5, 0.6) is 0 Å². The molecule has 0 bridgehead atoms. The number of anilines is 2. The molecule has 1 saturated carbocycles. The van der Waals surface area contributed by atoms with E-state index in [2.05, 4.69) is 74.3 Å². The van der Waals surface area contributed by atoms with Gasteiger partial charge < -0.3 is 10.2 Å². The molecule has 2 aromatic rings. The van der Waals surface area contributed by atoms with Gasteiger partial charge >= 0.3 is 0 Å². The number of halogens is 1. The van der Waals surface area contributed by atoms with Crippen LogP contribution in [0.1, 0.15) is 52.0 Å². The van der Waals surface area contributed by atoms with E-state index in [9.17, 15) is 0 Å². The highest BCUT2D eigenvalue weighted by Gasteiger charge is 2.51. The average Bonchev–Trinajstić information content (AvgIpc) is 2.95. The summed E-state index contributed by atoms with van der Waals surface area (Å²) in [7, 11) is 0. The van der Waals surface area contributed by atoms with E-state index in [1.807, 2.05) is 12.1 Å². The van der Waals surface area contributed by atoms with Gasteiger partial charge in [-0.3, -0.25) is 0 Å². The van der Waals surface area contributed by atoms with Gasteiger partial charge in [-0.15, -0.1) is 0 Å². The first-order valence-corrected chi connectivity index (χ1v) is 11.5. The molecule has 0 amide bonds. The summed E-state index contributed by atoms with van der Waals surface area (Å²) in [5, 5.41) is 4.97. The van der Waals surface area contributed by atoms with Gasteiger partial charge in [-0.1, -0.05) is 50.1 Å². The van der Waals surface area contributed by atoms with E-state index in [1.165, 1.54) is 5.56 Å². The van der Waals surface area contributed by atoms with Crippen molar-refractivity contribution in [2.75, 3.05) is 10.2 Å². The van der Waals surface area contributed by atoms with E-state index >= 15 is 0 Å². The third-order valence-electron chi connectivity index (χ3n) is 6.70. The standard InChI is InChI=1S/C25H30ClN3S/c1-17-5-9-20(10-6-17)27-22-25(15-13-18(14-16-25)24(2,3)4)29(23(30)28-22)21-11-7-19(26)8-12-21/h5-12,18H,13-16H2,1-4H3,(H,27,28,30).